The summed E-state index contributed by atoms with van der Waals surface area (Å²) in [4.78, 5) is 4.29. The highest BCUT2D eigenvalue weighted by atomic mass is 16.5. The molecule has 0 amide bonds. The van der Waals surface area contributed by atoms with Crippen molar-refractivity contribution < 1.29 is 14.2 Å². The van der Waals surface area contributed by atoms with Crippen LogP contribution >= 0.6 is 0 Å². The van der Waals surface area contributed by atoms with Crippen LogP contribution in [0.2, 0.25) is 0 Å². The van der Waals surface area contributed by atoms with E-state index in [0.29, 0.717) is 19.3 Å². The number of pyridine rings is 1. The highest BCUT2D eigenvalue weighted by Gasteiger charge is 2.15. The van der Waals surface area contributed by atoms with E-state index in [-0.39, 0.29) is 0 Å². The Labute approximate surface area is 143 Å². The molecule has 1 unspecified atom stereocenters. The summed E-state index contributed by atoms with van der Waals surface area (Å²) in [5.41, 5.74) is 1.98. The maximum absolute atomic E-state index is 5.96. The second-order valence-electron chi connectivity index (χ2n) is 5.85. The normalized spacial score (nSPS) is 17.0. The number of nitrogens with zero attached hydrogens (tertiary/aromatic N) is 1. The third-order valence-corrected chi connectivity index (χ3v) is 4.08. The first kappa shape index (κ1) is 16.7. The third-order valence-electron chi connectivity index (χ3n) is 4.08. The fourth-order valence-electron chi connectivity index (χ4n) is 2.77. The molecule has 5 heteroatoms. The van der Waals surface area contributed by atoms with Crippen molar-refractivity contribution >= 4 is 0 Å². The van der Waals surface area contributed by atoms with Gasteiger partial charge in [0.1, 0.15) is 18.1 Å². The van der Waals surface area contributed by atoms with E-state index in [1.54, 1.807) is 13.3 Å². The smallest absolute Gasteiger partial charge is 0.130 e. The number of aromatic nitrogens is 1. The Hall–Kier alpha value is -2.11. The second kappa shape index (κ2) is 8.66. The van der Waals surface area contributed by atoms with Crippen LogP contribution in [-0.4, -0.2) is 31.3 Å². The van der Waals surface area contributed by atoms with E-state index in [1.807, 2.05) is 36.4 Å². The Balaban J connectivity index is 1.61. The average Bonchev–Trinajstić information content (AvgIpc) is 3.15. The van der Waals surface area contributed by atoms with E-state index >= 15 is 0 Å². The van der Waals surface area contributed by atoms with E-state index in [4.69, 9.17) is 14.2 Å². The molecule has 1 aromatic heterocycles. The van der Waals surface area contributed by atoms with E-state index in [2.05, 4.69) is 10.3 Å². The van der Waals surface area contributed by atoms with Crippen molar-refractivity contribution in [1.29, 1.82) is 0 Å². The molecular formula is C19H24N2O3. The molecule has 1 N–H and O–H groups in total. The van der Waals surface area contributed by atoms with Crippen LogP contribution in [0.25, 0.3) is 0 Å². The third kappa shape index (κ3) is 4.69. The molecule has 0 spiro atoms. The highest BCUT2D eigenvalue weighted by Crippen LogP contribution is 2.25. The van der Waals surface area contributed by atoms with Crippen molar-refractivity contribution in [2.24, 2.45) is 0 Å². The summed E-state index contributed by atoms with van der Waals surface area (Å²) in [6, 6.07) is 11.7. The summed E-state index contributed by atoms with van der Waals surface area (Å²) >= 11 is 0. The van der Waals surface area contributed by atoms with Crippen LogP contribution in [0.1, 0.15) is 24.1 Å². The maximum atomic E-state index is 5.96. The first-order valence-electron chi connectivity index (χ1n) is 8.37. The Bertz CT molecular complexity index is 628. The summed E-state index contributed by atoms with van der Waals surface area (Å²) in [6.07, 6.45) is 4.39. The number of rotatable bonds is 8. The van der Waals surface area contributed by atoms with Gasteiger partial charge in [-0.3, -0.25) is 4.98 Å². The molecular weight excluding hydrogens is 304 g/mol. The zero-order valence-corrected chi connectivity index (χ0v) is 14.0. The van der Waals surface area contributed by atoms with E-state index < -0.39 is 0 Å². The lowest BCUT2D eigenvalue weighted by atomic mass is 10.1. The molecule has 1 fully saturated rings. The molecule has 2 aromatic rings. The SMILES string of the molecule is COc1ccc(OCc2ccccn2)c(CNCC2CCCO2)c1. The van der Waals surface area contributed by atoms with Gasteiger partial charge in [-0.15, -0.1) is 0 Å². The van der Waals surface area contributed by atoms with E-state index in [1.165, 1.54) is 0 Å². The van der Waals surface area contributed by atoms with E-state index in [9.17, 15) is 0 Å². The first-order chi connectivity index (χ1) is 11.8. The zero-order chi connectivity index (χ0) is 16.6. The van der Waals surface area contributed by atoms with E-state index in [0.717, 1.165) is 48.7 Å². The van der Waals surface area contributed by atoms with Gasteiger partial charge in [-0.25, -0.2) is 0 Å². The summed E-state index contributed by atoms with van der Waals surface area (Å²) < 4.78 is 16.9. The summed E-state index contributed by atoms with van der Waals surface area (Å²) in [7, 11) is 1.67. The number of hydrogen-bond donors (Lipinski definition) is 1. The van der Waals surface area contributed by atoms with Crippen molar-refractivity contribution in [3.8, 4) is 11.5 Å². The van der Waals surface area contributed by atoms with Gasteiger partial charge in [0.15, 0.2) is 0 Å². The van der Waals surface area contributed by atoms with Crippen molar-refractivity contribution in [2.45, 2.75) is 32.1 Å². The van der Waals surface area contributed by atoms with Crippen LogP contribution in [-0.2, 0) is 17.9 Å². The second-order valence-corrected chi connectivity index (χ2v) is 5.85. The number of ether oxygens (including phenoxy) is 3. The first-order valence-corrected chi connectivity index (χ1v) is 8.37. The number of methoxy groups -OCH3 is 1. The topological polar surface area (TPSA) is 52.6 Å². The van der Waals surface area contributed by atoms with Gasteiger partial charge in [-0.05, 0) is 43.2 Å². The summed E-state index contributed by atoms with van der Waals surface area (Å²) in [5, 5.41) is 3.46. The molecule has 0 bridgehead atoms. The van der Waals surface area contributed by atoms with Crippen LogP contribution in [0.3, 0.4) is 0 Å². The van der Waals surface area contributed by atoms with Gasteiger partial charge in [-0.1, -0.05) is 6.07 Å². The van der Waals surface area contributed by atoms with Crippen LogP contribution in [0.15, 0.2) is 42.6 Å². The molecule has 1 aromatic carbocycles. The zero-order valence-electron chi connectivity index (χ0n) is 14.0. The summed E-state index contributed by atoms with van der Waals surface area (Å²) in [6.45, 7) is 2.90. The summed E-state index contributed by atoms with van der Waals surface area (Å²) in [5.74, 6) is 1.68. The lowest BCUT2D eigenvalue weighted by Gasteiger charge is -2.15. The predicted octanol–water partition coefficient (Wildman–Crippen LogP) is 2.94. The molecule has 1 aliphatic rings. The molecule has 2 heterocycles. The minimum absolute atomic E-state index is 0.327. The van der Waals surface area contributed by atoms with Gasteiger partial charge in [0, 0.05) is 31.5 Å². The molecule has 3 rings (SSSR count). The molecule has 5 nitrogen and oxygen atoms in total. The van der Waals surface area contributed by atoms with Crippen molar-refractivity contribution in [3.05, 3.63) is 53.9 Å². The minimum atomic E-state index is 0.327. The maximum Gasteiger partial charge on any atom is 0.130 e. The van der Waals surface area contributed by atoms with Crippen LogP contribution < -0.4 is 14.8 Å². The lowest BCUT2D eigenvalue weighted by molar-refractivity contribution is 0.110. The van der Waals surface area contributed by atoms with Crippen LogP contribution in [0, 0.1) is 0 Å². The monoisotopic (exact) mass is 328 g/mol. The lowest BCUT2D eigenvalue weighted by Crippen LogP contribution is -2.26. The quantitative estimate of drug-likeness (QED) is 0.807. The standard InChI is InChI=1S/C19H24N2O3/c1-22-17-7-8-19(24-14-16-5-2-3-9-21-16)15(11-17)12-20-13-18-6-4-10-23-18/h2-3,5,7-9,11,18,20H,4,6,10,12-14H2,1H3. The predicted molar refractivity (Wildman–Crippen MR) is 92.2 cm³/mol. The fourth-order valence-corrected chi connectivity index (χ4v) is 2.77. The van der Waals surface area contributed by atoms with Gasteiger partial charge >= 0.3 is 0 Å². The van der Waals surface area contributed by atoms with Crippen molar-refractivity contribution in [1.82, 2.24) is 10.3 Å². The average molecular weight is 328 g/mol. The fraction of sp³-hybridized carbons (Fsp3) is 0.421. The Morgan fingerprint density at radius 3 is 3.00 bits per heavy atom. The number of nitrogens with one attached hydrogen (secondary N) is 1. The molecule has 128 valence electrons. The Morgan fingerprint density at radius 1 is 1.29 bits per heavy atom. The molecule has 1 atom stereocenters. The van der Waals surface area contributed by atoms with Gasteiger partial charge in [0.25, 0.3) is 0 Å². The van der Waals surface area contributed by atoms with Gasteiger partial charge in [-0.2, -0.15) is 0 Å². The number of benzene rings is 1. The Morgan fingerprint density at radius 2 is 2.25 bits per heavy atom. The van der Waals surface area contributed by atoms with Gasteiger partial charge in [0.2, 0.25) is 0 Å². The molecule has 0 radical (unpaired) electrons. The van der Waals surface area contributed by atoms with Crippen LogP contribution in [0.5, 0.6) is 11.5 Å². The Kier molecular flexibility index (Phi) is 6.04. The van der Waals surface area contributed by atoms with Gasteiger partial charge < -0.3 is 19.5 Å². The molecule has 0 aliphatic carbocycles. The molecule has 0 saturated carbocycles. The minimum Gasteiger partial charge on any atom is -0.497 e. The van der Waals surface area contributed by atoms with Crippen molar-refractivity contribution in [3.63, 3.8) is 0 Å². The van der Waals surface area contributed by atoms with Crippen molar-refractivity contribution in [2.75, 3.05) is 20.3 Å². The molecule has 1 saturated heterocycles. The highest BCUT2D eigenvalue weighted by molar-refractivity contribution is 5.40. The largest absolute Gasteiger partial charge is 0.497 e. The number of hydrogen-bond acceptors (Lipinski definition) is 5. The molecule has 1 aliphatic heterocycles. The van der Waals surface area contributed by atoms with Gasteiger partial charge in [0.05, 0.1) is 18.9 Å². The van der Waals surface area contributed by atoms with Crippen LogP contribution in [0.4, 0.5) is 0 Å². The molecule has 24 heavy (non-hydrogen) atoms.